The van der Waals surface area contributed by atoms with Crippen molar-refractivity contribution < 1.29 is 9.53 Å². The Balaban J connectivity index is 2.11. The van der Waals surface area contributed by atoms with E-state index in [-0.39, 0.29) is 5.91 Å². The summed E-state index contributed by atoms with van der Waals surface area (Å²) in [5.41, 5.74) is 1.92. The van der Waals surface area contributed by atoms with Gasteiger partial charge in [-0.25, -0.2) is 0 Å². The molecule has 4 nitrogen and oxygen atoms in total. The van der Waals surface area contributed by atoms with Crippen molar-refractivity contribution in [1.82, 2.24) is 10.3 Å². The zero-order valence-corrected chi connectivity index (χ0v) is 12.9. The summed E-state index contributed by atoms with van der Waals surface area (Å²) in [4.78, 5) is 15.8. The summed E-state index contributed by atoms with van der Waals surface area (Å²) in [5.74, 6) is 0.998. The van der Waals surface area contributed by atoms with Gasteiger partial charge in [0.05, 0.1) is 6.61 Å². The van der Waals surface area contributed by atoms with Crippen LogP contribution in [0.1, 0.15) is 50.4 Å². The van der Waals surface area contributed by atoms with Crippen LogP contribution in [-0.4, -0.2) is 24.0 Å². The molecule has 1 heterocycles. The lowest BCUT2D eigenvalue weighted by Crippen LogP contribution is -2.25. The molecule has 1 N–H and O–H groups in total. The van der Waals surface area contributed by atoms with Crippen LogP contribution in [0.5, 0.6) is 5.75 Å². The number of nitrogens with zero attached hydrogens (tertiary/aromatic N) is 1. The standard InChI is InChI=1S/C16H26N2O2/c1-4-5-6-8-16(19)17-9-7-10-20-15-11-13(2)18-14(3)12-15/h11-12H,4-10H2,1-3H3,(H,17,19). The number of hydrogen-bond donors (Lipinski definition) is 1. The van der Waals surface area contributed by atoms with Gasteiger partial charge in [0.25, 0.3) is 0 Å². The first-order valence-corrected chi connectivity index (χ1v) is 7.46. The largest absolute Gasteiger partial charge is 0.493 e. The number of nitrogens with one attached hydrogen (secondary N) is 1. The lowest BCUT2D eigenvalue weighted by atomic mass is 10.2. The van der Waals surface area contributed by atoms with Gasteiger partial charge in [-0.15, -0.1) is 0 Å². The maximum Gasteiger partial charge on any atom is 0.219 e. The molecule has 0 fully saturated rings. The Labute approximate surface area is 121 Å². The van der Waals surface area contributed by atoms with Crippen LogP contribution >= 0.6 is 0 Å². The normalized spacial score (nSPS) is 10.3. The Kier molecular flexibility index (Phi) is 7.70. The quantitative estimate of drug-likeness (QED) is 0.706. The number of pyridine rings is 1. The average molecular weight is 278 g/mol. The number of unbranched alkanes of at least 4 members (excludes halogenated alkanes) is 2. The molecule has 0 radical (unpaired) electrons. The number of aromatic nitrogens is 1. The highest BCUT2D eigenvalue weighted by atomic mass is 16.5. The van der Waals surface area contributed by atoms with Gasteiger partial charge < -0.3 is 10.1 Å². The smallest absolute Gasteiger partial charge is 0.219 e. The number of carbonyl (C=O) groups excluding carboxylic acids is 1. The second-order valence-electron chi connectivity index (χ2n) is 5.09. The van der Waals surface area contributed by atoms with Crippen LogP contribution < -0.4 is 10.1 Å². The van der Waals surface area contributed by atoms with Crippen LogP contribution in [0.3, 0.4) is 0 Å². The molecule has 0 saturated heterocycles. The van der Waals surface area contributed by atoms with E-state index in [0.717, 1.165) is 42.8 Å². The third-order valence-corrected chi connectivity index (χ3v) is 2.97. The Morgan fingerprint density at radius 2 is 1.90 bits per heavy atom. The molecule has 1 amide bonds. The van der Waals surface area contributed by atoms with Crippen molar-refractivity contribution in [2.24, 2.45) is 0 Å². The first kappa shape index (κ1) is 16.5. The molecule has 0 aromatic carbocycles. The molecule has 4 heteroatoms. The van der Waals surface area contributed by atoms with Gasteiger partial charge in [-0.05, 0) is 26.7 Å². The minimum atomic E-state index is 0.147. The van der Waals surface area contributed by atoms with Crippen LogP contribution in [0, 0.1) is 13.8 Å². The van der Waals surface area contributed by atoms with E-state index in [1.165, 1.54) is 0 Å². The van der Waals surface area contributed by atoms with E-state index in [9.17, 15) is 4.79 Å². The second kappa shape index (κ2) is 9.34. The Bertz CT molecular complexity index is 399. The van der Waals surface area contributed by atoms with Gasteiger partial charge in [-0.1, -0.05) is 19.8 Å². The van der Waals surface area contributed by atoms with Crippen molar-refractivity contribution in [3.05, 3.63) is 23.5 Å². The second-order valence-corrected chi connectivity index (χ2v) is 5.09. The topological polar surface area (TPSA) is 51.2 Å². The van der Waals surface area contributed by atoms with Crippen molar-refractivity contribution >= 4 is 5.91 Å². The molecule has 0 aliphatic carbocycles. The highest BCUT2D eigenvalue weighted by molar-refractivity contribution is 5.75. The number of carbonyl (C=O) groups is 1. The van der Waals surface area contributed by atoms with Crippen molar-refractivity contribution in [2.75, 3.05) is 13.2 Å². The maximum atomic E-state index is 11.5. The van der Waals surface area contributed by atoms with E-state index in [2.05, 4.69) is 17.2 Å². The molecular weight excluding hydrogens is 252 g/mol. The van der Waals surface area contributed by atoms with Crippen molar-refractivity contribution in [1.29, 1.82) is 0 Å². The van der Waals surface area contributed by atoms with E-state index in [4.69, 9.17) is 4.74 Å². The summed E-state index contributed by atoms with van der Waals surface area (Å²) in [6.07, 6.45) is 4.70. The Morgan fingerprint density at radius 1 is 1.20 bits per heavy atom. The fourth-order valence-electron chi connectivity index (χ4n) is 1.99. The van der Waals surface area contributed by atoms with Crippen molar-refractivity contribution in [2.45, 2.75) is 52.9 Å². The average Bonchev–Trinajstić information content (AvgIpc) is 2.37. The minimum Gasteiger partial charge on any atom is -0.493 e. The number of aryl methyl sites for hydroxylation is 2. The zero-order valence-electron chi connectivity index (χ0n) is 12.9. The number of amides is 1. The molecule has 1 aromatic rings. The monoisotopic (exact) mass is 278 g/mol. The molecule has 0 aliphatic rings. The third kappa shape index (κ3) is 7.12. The van der Waals surface area contributed by atoms with Gasteiger partial charge in [0, 0.05) is 36.5 Å². The SMILES string of the molecule is CCCCCC(=O)NCCCOc1cc(C)nc(C)c1. The minimum absolute atomic E-state index is 0.147. The van der Waals surface area contributed by atoms with Gasteiger partial charge in [-0.3, -0.25) is 9.78 Å². The molecule has 20 heavy (non-hydrogen) atoms. The van der Waals surface area contributed by atoms with Crippen LogP contribution in [0.2, 0.25) is 0 Å². The van der Waals surface area contributed by atoms with Crippen molar-refractivity contribution in [3.63, 3.8) is 0 Å². The predicted molar refractivity (Wildman–Crippen MR) is 81.0 cm³/mol. The van der Waals surface area contributed by atoms with Gasteiger partial charge in [-0.2, -0.15) is 0 Å². The van der Waals surface area contributed by atoms with Crippen LogP contribution in [0.25, 0.3) is 0 Å². The molecule has 0 spiro atoms. The molecule has 0 saturated carbocycles. The van der Waals surface area contributed by atoms with Gasteiger partial charge >= 0.3 is 0 Å². The van der Waals surface area contributed by atoms with Gasteiger partial charge in [0.2, 0.25) is 5.91 Å². The Morgan fingerprint density at radius 3 is 2.55 bits per heavy atom. The third-order valence-electron chi connectivity index (χ3n) is 2.97. The molecule has 1 rings (SSSR count). The van der Waals surface area contributed by atoms with E-state index < -0.39 is 0 Å². The van der Waals surface area contributed by atoms with E-state index in [0.29, 0.717) is 19.6 Å². The molecule has 0 aliphatic heterocycles. The lowest BCUT2D eigenvalue weighted by molar-refractivity contribution is -0.121. The summed E-state index contributed by atoms with van der Waals surface area (Å²) in [6, 6.07) is 3.85. The number of rotatable bonds is 9. The molecular formula is C16H26N2O2. The first-order chi connectivity index (χ1) is 9.61. The zero-order chi connectivity index (χ0) is 14.8. The fraction of sp³-hybridized carbons (Fsp3) is 0.625. The first-order valence-electron chi connectivity index (χ1n) is 7.46. The highest BCUT2D eigenvalue weighted by Gasteiger charge is 2.01. The highest BCUT2D eigenvalue weighted by Crippen LogP contribution is 2.13. The van der Waals surface area contributed by atoms with E-state index >= 15 is 0 Å². The summed E-state index contributed by atoms with van der Waals surface area (Å²) in [6.45, 7) is 7.33. The summed E-state index contributed by atoms with van der Waals surface area (Å²) >= 11 is 0. The van der Waals surface area contributed by atoms with Gasteiger partial charge in [0.15, 0.2) is 0 Å². The molecule has 0 atom stereocenters. The molecule has 112 valence electrons. The predicted octanol–water partition coefficient (Wildman–Crippen LogP) is 3.16. The van der Waals surface area contributed by atoms with Gasteiger partial charge in [0.1, 0.15) is 5.75 Å². The van der Waals surface area contributed by atoms with Crippen LogP contribution in [0.4, 0.5) is 0 Å². The summed E-state index contributed by atoms with van der Waals surface area (Å²) < 4.78 is 5.66. The number of ether oxygens (including phenoxy) is 1. The maximum absolute atomic E-state index is 11.5. The molecule has 0 unspecified atom stereocenters. The fourth-order valence-corrected chi connectivity index (χ4v) is 1.99. The lowest BCUT2D eigenvalue weighted by Gasteiger charge is -2.08. The van der Waals surface area contributed by atoms with E-state index in [1.54, 1.807) is 0 Å². The summed E-state index contributed by atoms with van der Waals surface area (Å²) in [7, 11) is 0. The van der Waals surface area contributed by atoms with Crippen LogP contribution in [0.15, 0.2) is 12.1 Å². The van der Waals surface area contributed by atoms with Crippen molar-refractivity contribution in [3.8, 4) is 5.75 Å². The molecule has 0 bridgehead atoms. The van der Waals surface area contributed by atoms with E-state index in [1.807, 2.05) is 26.0 Å². The number of hydrogen-bond acceptors (Lipinski definition) is 3. The summed E-state index contributed by atoms with van der Waals surface area (Å²) in [5, 5.41) is 2.92. The Hall–Kier alpha value is -1.58. The van der Waals surface area contributed by atoms with Crippen LogP contribution in [-0.2, 0) is 4.79 Å². The molecule has 1 aromatic heterocycles.